The summed E-state index contributed by atoms with van der Waals surface area (Å²) >= 11 is 0. The van der Waals surface area contributed by atoms with Crippen LogP contribution in [0, 0.1) is 5.92 Å². The monoisotopic (exact) mass is 451 g/mol. The molecule has 3 aliphatic rings. The summed E-state index contributed by atoms with van der Waals surface area (Å²) < 4.78 is 7.88. The molecule has 1 saturated heterocycles. The fraction of sp³-hybridized carbons (Fsp3) is 0.560. The Kier molecular flexibility index (Phi) is 6.10. The number of aromatic amines is 1. The van der Waals surface area contributed by atoms with Crippen molar-refractivity contribution in [2.75, 3.05) is 13.2 Å². The molecule has 1 amide bonds. The molecule has 1 aromatic heterocycles. The quantitative estimate of drug-likeness (QED) is 0.532. The SMILES string of the molecule is C=c1c(=O)[nH]c2n1Cc1cccc(OCCCC(C(N)=O)N3CCCC4CCCCC43)c1N=2. The second-order valence-electron chi connectivity index (χ2n) is 9.59. The van der Waals surface area contributed by atoms with E-state index in [2.05, 4.69) is 21.5 Å². The van der Waals surface area contributed by atoms with Gasteiger partial charge in [0.2, 0.25) is 11.5 Å². The van der Waals surface area contributed by atoms with Crippen molar-refractivity contribution in [3.8, 4) is 5.75 Å². The van der Waals surface area contributed by atoms with Crippen LogP contribution in [0.1, 0.15) is 56.9 Å². The van der Waals surface area contributed by atoms with Crippen molar-refractivity contribution in [3.05, 3.63) is 45.1 Å². The lowest BCUT2D eigenvalue weighted by atomic mass is 9.77. The normalized spacial score (nSPS) is 23.0. The molecular formula is C25H33N5O3. The minimum Gasteiger partial charge on any atom is -0.491 e. The number of fused-ring (bicyclic) bond motifs is 3. The van der Waals surface area contributed by atoms with E-state index in [4.69, 9.17) is 10.5 Å². The third-order valence-electron chi connectivity index (χ3n) is 7.59. The molecule has 3 N–H and O–H groups in total. The number of carbonyl (C=O) groups excluding carboxylic acids is 1. The number of nitrogens with zero attached hydrogens (tertiary/aromatic N) is 3. The summed E-state index contributed by atoms with van der Waals surface area (Å²) in [5.74, 6) is 1.18. The second-order valence-corrected chi connectivity index (χ2v) is 9.59. The summed E-state index contributed by atoms with van der Waals surface area (Å²) in [4.78, 5) is 34.0. The molecule has 2 aromatic rings. The molecule has 5 rings (SSSR count). The summed E-state index contributed by atoms with van der Waals surface area (Å²) in [6.45, 7) is 5.81. The predicted octanol–water partition coefficient (Wildman–Crippen LogP) is 1.57. The molecule has 2 fully saturated rings. The number of imidazole rings is 1. The van der Waals surface area contributed by atoms with Crippen molar-refractivity contribution in [2.45, 2.75) is 70.0 Å². The Morgan fingerprint density at radius 2 is 2.09 bits per heavy atom. The number of piperidine rings is 1. The van der Waals surface area contributed by atoms with E-state index in [1.165, 1.54) is 32.1 Å². The number of para-hydroxylation sites is 1. The van der Waals surface area contributed by atoms with Gasteiger partial charge in [0.1, 0.15) is 16.8 Å². The molecule has 8 nitrogen and oxygen atoms in total. The number of H-pyrrole nitrogens is 1. The van der Waals surface area contributed by atoms with E-state index < -0.39 is 0 Å². The van der Waals surface area contributed by atoms with Crippen molar-refractivity contribution in [1.29, 1.82) is 0 Å². The molecule has 3 atom stereocenters. The number of nitrogens with two attached hydrogens (primary N) is 1. The number of aromatic nitrogens is 2. The number of likely N-dealkylation sites (tertiary alicyclic amines) is 1. The Bertz CT molecular complexity index is 1200. The second kappa shape index (κ2) is 9.17. The van der Waals surface area contributed by atoms with E-state index in [1.54, 1.807) is 4.57 Å². The van der Waals surface area contributed by atoms with E-state index in [9.17, 15) is 9.59 Å². The van der Waals surface area contributed by atoms with Crippen LogP contribution >= 0.6 is 0 Å². The van der Waals surface area contributed by atoms with Crippen LogP contribution in [0.2, 0.25) is 0 Å². The van der Waals surface area contributed by atoms with E-state index >= 15 is 0 Å². The van der Waals surface area contributed by atoms with Gasteiger partial charge in [0.25, 0.3) is 5.56 Å². The summed E-state index contributed by atoms with van der Waals surface area (Å²) in [6.07, 6.45) is 8.89. The zero-order valence-electron chi connectivity index (χ0n) is 19.1. The highest BCUT2D eigenvalue weighted by Gasteiger charge is 2.38. The third-order valence-corrected chi connectivity index (χ3v) is 7.59. The van der Waals surface area contributed by atoms with Crippen molar-refractivity contribution in [3.63, 3.8) is 0 Å². The van der Waals surface area contributed by atoms with E-state index in [0.29, 0.717) is 48.2 Å². The van der Waals surface area contributed by atoms with Crippen LogP contribution in [-0.2, 0) is 11.3 Å². The van der Waals surface area contributed by atoms with Gasteiger partial charge in [-0.3, -0.25) is 19.5 Å². The first-order chi connectivity index (χ1) is 16.0. The van der Waals surface area contributed by atoms with Gasteiger partial charge in [-0.2, -0.15) is 0 Å². The molecule has 2 aliphatic heterocycles. The minimum atomic E-state index is -0.224. The van der Waals surface area contributed by atoms with Crippen molar-refractivity contribution in [2.24, 2.45) is 16.6 Å². The summed E-state index contributed by atoms with van der Waals surface area (Å²) in [6, 6.07) is 6.09. The summed E-state index contributed by atoms with van der Waals surface area (Å²) in [5, 5.41) is 0.404. The summed E-state index contributed by atoms with van der Waals surface area (Å²) in [7, 11) is 0. The first-order valence-electron chi connectivity index (χ1n) is 12.2. The Labute approximate surface area is 193 Å². The molecule has 0 radical (unpaired) electrons. The van der Waals surface area contributed by atoms with Gasteiger partial charge in [-0.25, -0.2) is 4.99 Å². The van der Waals surface area contributed by atoms with Gasteiger partial charge >= 0.3 is 0 Å². The average Bonchev–Trinajstić information content (AvgIpc) is 3.10. The number of nitrogens with one attached hydrogen (secondary N) is 1. The van der Waals surface area contributed by atoms with Gasteiger partial charge in [0.15, 0.2) is 0 Å². The number of primary amides is 1. The third kappa shape index (κ3) is 4.24. The van der Waals surface area contributed by atoms with Gasteiger partial charge < -0.3 is 15.0 Å². The number of carbonyl (C=O) groups is 1. The van der Waals surface area contributed by atoms with Crippen LogP contribution in [0.4, 0.5) is 5.69 Å². The number of ether oxygens (including phenoxy) is 1. The van der Waals surface area contributed by atoms with Crippen LogP contribution in [0.15, 0.2) is 28.0 Å². The van der Waals surface area contributed by atoms with Gasteiger partial charge in [0, 0.05) is 11.6 Å². The smallest absolute Gasteiger partial charge is 0.274 e. The summed E-state index contributed by atoms with van der Waals surface area (Å²) in [5.41, 5.74) is 7.86. The Hall–Kier alpha value is -2.87. The van der Waals surface area contributed by atoms with Gasteiger partial charge in [-0.05, 0) is 57.1 Å². The molecule has 1 aromatic carbocycles. The highest BCUT2D eigenvalue weighted by molar-refractivity contribution is 5.79. The molecule has 0 bridgehead atoms. The number of rotatable bonds is 7. The maximum absolute atomic E-state index is 12.4. The molecule has 176 valence electrons. The molecule has 1 saturated carbocycles. The van der Waals surface area contributed by atoms with E-state index in [-0.39, 0.29) is 17.5 Å². The maximum atomic E-state index is 12.4. The van der Waals surface area contributed by atoms with Crippen LogP contribution < -0.4 is 27.0 Å². The number of hydrogen-bond acceptors (Lipinski definition) is 5. The van der Waals surface area contributed by atoms with Crippen LogP contribution in [0.25, 0.3) is 6.58 Å². The molecule has 3 unspecified atom stereocenters. The Balaban J connectivity index is 1.25. The molecule has 0 spiro atoms. The van der Waals surface area contributed by atoms with Crippen molar-refractivity contribution < 1.29 is 9.53 Å². The predicted molar refractivity (Wildman–Crippen MR) is 126 cm³/mol. The fourth-order valence-corrected chi connectivity index (χ4v) is 5.95. The number of benzene rings is 1. The lowest BCUT2D eigenvalue weighted by Gasteiger charge is -2.46. The van der Waals surface area contributed by atoms with Gasteiger partial charge in [-0.1, -0.05) is 31.6 Å². The number of hydrogen-bond donors (Lipinski definition) is 2. The molecule has 1 aliphatic carbocycles. The van der Waals surface area contributed by atoms with E-state index in [1.807, 2.05) is 18.2 Å². The molecule has 33 heavy (non-hydrogen) atoms. The topological polar surface area (TPSA) is 106 Å². The fourth-order valence-electron chi connectivity index (χ4n) is 5.95. The Morgan fingerprint density at radius 3 is 2.94 bits per heavy atom. The van der Waals surface area contributed by atoms with Gasteiger partial charge in [-0.15, -0.1) is 0 Å². The van der Waals surface area contributed by atoms with Crippen LogP contribution in [0.5, 0.6) is 5.75 Å². The first-order valence-corrected chi connectivity index (χ1v) is 12.2. The molecular weight excluding hydrogens is 418 g/mol. The molecule has 8 heteroatoms. The average molecular weight is 452 g/mol. The number of amides is 1. The van der Waals surface area contributed by atoms with E-state index in [0.717, 1.165) is 30.6 Å². The highest BCUT2D eigenvalue weighted by Crippen LogP contribution is 2.37. The zero-order chi connectivity index (χ0) is 22.9. The lowest BCUT2D eigenvalue weighted by Crippen LogP contribution is -2.55. The van der Waals surface area contributed by atoms with Gasteiger partial charge in [0.05, 0.1) is 19.2 Å². The minimum absolute atomic E-state index is 0.220. The standard InChI is InChI=1S/C25H33N5O3/c1-16-24(32)28-25-27-22-18(15-30(16)25)8-4-12-21(22)33-14-6-11-20(23(26)31)29-13-5-9-17-7-2-3-10-19(17)29/h4,8,12,17,19-20H,1-3,5-7,9-11,13-15H2,(H2,26,31)(H,27,28,32). The molecule has 3 heterocycles. The van der Waals surface area contributed by atoms with Crippen molar-refractivity contribution in [1.82, 2.24) is 14.5 Å². The largest absolute Gasteiger partial charge is 0.491 e. The Morgan fingerprint density at radius 1 is 1.27 bits per heavy atom. The lowest BCUT2D eigenvalue weighted by molar-refractivity contribution is -0.126. The maximum Gasteiger partial charge on any atom is 0.274 e. The van der Waals surface area contributed by atoms with Crippen LogP contribution in [0.3, 0.4) is 0 Å². The van der Waals surface area contributed by atoms with Crippen LogP contribution in [-0.4, -0.2) is 45.6 Å². The first kappa shape index (κ1) is 21.9. The highest BCUT2D eigenvalue weighted by atomic mass is 16.5. The van der Waals surface area contributed by atoms with Crippen molar-refractivity contribution >= 4 is 18.2 Å². The zero-order valence-corrected chi connectivity index (χ0v) is 19.1.